The second-order valence-corrected chi connectivity index (χ2v) is 6.13. The Labute approximate surface area is 146 Å². The second-order valence-electron chi connectivity index (χ2n) is 6.13. The van der Waals surface area contributed by atoms with Crippen LogP contribution in [-0.2, 0) is 16.1 Å². The number of hydrogen-bond donors (Lipinski definition) is 2. The molecular formula is C19H21N3O3. The summed E-state index contributed by atoms with van der Waals surface area (Å²) in [6.07, 6.45) is -0.832. The number of anilines is 2. The standard InChI is InChI=1S/C19H21N3O3/c1-22(2)14-9-7-13(8-10-14)12-20-18(23)11-17-19(24)21-15-5-3-4-6-16(15)25-17/h3-10,17H,11-12H2,1-2H3,(H,20,23)(H,21,24)/t17-/m0/s1. The summed E-state index contributed by atoms with van der Waals surface area (Å²) in [6.45, 7) is 0.414. The van der Waals surface area contributed by atoms with E-state index in [4.69, 9.17) is 4.74 Å². The van der Waals surface area contributed by atoms with Crippen molar-refractivity contribution in [1.82, 2.24) is 5.32 Å². The highest BCUT2D eigenvalue weighted by atomic mass is 16.5. The lowest BCUT2D eigenvalue weighted by Crippen LogP contribution is -2.40. The number of carbonyl (C=O) groups is 2. The number of hydrogen-bond acceptors (Lipinski definition) is 4. The second kappa shape index (κ2) is 7.25. The summed E-state index contributed by atoms with van der Waals surface area (Å²) in [5.74, 6) is 0.0552. The summed E-state index contributed by atoms with van der Waals surface area (Å²) in [5.41, 5.74) is 2.73. The van der Waals surface area contributed by atoms with E-state index < -0.39 is 6.10 Å². The van der Waals surface area contributed by atoms with Crippen molar-refractivity contribution in [1.29, 1.82) is 0 Å². The van der Waals surface area contributed by atoms with E-state index in [1.165, 1.54) is 0 Å². The maximum Gasteiger partial charge on any atom is 0.266 e. The van der Waals surface area contributed by atoms with E-state index in [-0.39, 0.29) is 18.2 Å². The van der Waals surface area contributed by atoms with Gasteiger partial charge in [-0.2, -0.15) is 0 Å². The molecule has 0 unspecified atom stereocenters. The van der Waals surface area contributed by atoms with Gasteiger partial charge in [-0.15, -0.1) is 0 Å². The van der Waals surface area contributed by atoms with E-state index in [1.54, 1.807) is 12.1 Å². The van der Waals surface area contributed by atoms with Crippen LogP contribution >= 0.6 is 0 Å². The molecule has 2 aromatic carbocycles. The number of nitrogens with one attached hydrogen (secondary N) is 2. The van der Waals surface area contributed by atoms with Crippen LogP contribution < -0.4 is 20.3 Å². The number of para-hydroxylation sites is 2. The Balaban J connectivity index is 1.53. The topological polar surface area (TPSA) is 70.7 Å². The van der Waals surface area contributed by atoms with Gasteiger partial charge in [-0.25, -0.2) is 0 Å². The molecule has 1 heterocycles. The highest BCUT2D eigenvalue weighted by Gasteiger charge is 2.29. The molecule has 130 valence electrons. The molecular weight excluding hydrogens is 318 g/mol. The molecule has 2 aromatic rings. The zero-order valence-electron chi connectivity index (χ0n) is 14.3. The maximum absolute atomic E-state index is 12.1. The van der Waals surface area contributed by atoms with Crippen molar-refractivity contribution in [3.63, 3.8) is 0 Å². The normalized spacial score (nSPS) is 15.6. The smallest absolute Gasteiger partial charge is 0.266 e. The molecule has 0 fully saturated rings. The molecule has 25 heavy (non-hydrogen) atoms. The Hall–Kier alpha value is -3.02. The first-order chi connectivity index (χ1) is 12.0. The zero-order chi connectivity index (χ0) is 17.8. The zero-order valence-corrected chi connectivity index (χ0v) is 14.3. The Morgan fingerprint density at radius 1 is 1.16 bits per heavy atom. The van der Waals surface area contributed by atoms with Gasteiger partial charge < -0.3 is 20.3 Å². The molecule has 0 bridgehead atoms. The summed E-state index contributed by atoms with van der Waals surface area (Å²) in [6, 6.07) is 15.1. The third kappa shape index (κ3) is 4.09. The number of benzene rings is 2. The summed E-state index contributed by atoms with van der Waals surface area (Å²) in [5, 5.41) is 5.58. The van der Waals surface area contributed by atoms with Crippen molar-refractivity contribution in [2.45, 2.75) is 19.1 Å². The summed E-state index contributed by atoms with van der Waals surface area (Å²) < 4.78 is 5.63. The molecule has 3 rings (SSSR count). The Kier molecular flexibility index (Phi) is 4.88. The van der Waals surface area contributed by atoms with Gasteiger partial charge in [-0.05, 0) is 29.8 Å². The number of amides is 2. The fraction of sp³-hybridized carbons (Fsp3) is 0.263. The molecule has 1 aliphatic rings. The first-order valence-corrected chi connectivity index (χ1v) is 8.12. The van der Waals surface area contributed by atoms with E-state index in [0.717, 1.165) is 11.3 Å². The van der Waals surface area contributed by atoms with Crippen LogP contribution in [-0.4, -0.2) is 32.0 Å². The molecule has 0 aromatic heterocycles. The van der Waals surface area contributed by atoms with Gasteiger partial charge in [0.05, 0.1) is 12.1 Å². The third-order valence-electron chi connectivity index (χ3n) is 4.02. The predicted molar refractivity (Wildman–Crippen MR) is 96.7 cm³/mol. The first kappa shape index (κ1) is 16.8. The largest absolute Gasteiger partial charge is 0.478 e. The lowest BCUT2D eigenvalue weighted by molar-refractivity contribution is -0.130. The van der Waals surface area contributed by atoms with Crippen LogP contribution in [0.15, 0.2) is 48.5 Å². The van der Waals surface area contributed by atoms with Crippen molar-refractivity contribution in [3.8, 4) is 5.75 Å². The number of carbonyl (C=O) groups excluding carboxylic acids is 2. The molecule has 0 spiro atoms. The van der Waals surface area contributed by atoms with Gasteiger partial charge in [0, 0.05) is 26.3 Å². The molecule has 0 saturated carbocycles. The quantitative estimate of drug-likeness (QED) is 0.876. The fourth-order valence-corrected chi connectivity index (χ4v) is 2.58. The van der Waals surface area contributed by atoms with Crippen molar-refractivity contribution in [3.05, 3.63) is 54.1 Å². The van der Waals surface area contributed by atoms with Crippen molar-refractivity contribution >= 4 is 23.2 Å². The van der Waals surface area contributed by atoms with Crippen molar-refractivity contribution < 1.29 is 14.3 Å². The molecule has 0 aliphatic carbocycles. The van der Waals surface area contributed by atoms with Crippen molar-refractivity contribution in [2.24, 2.45) is 0 Å². The molecule has 6 heteroatoms. The highest BCUT2D eigenvalue weighted by Crippen LogP contribution is 2.29. The minimum Gasteiger partial charge on any atom is -0.478 e. The SMILES string of the molecule is CN(C)c1ccc(CNC(=O)C[C@@H]2Oc3ccccc3NC2=O)cc1. The highest BCUT2D eigenvalue weighted by molar-refractivity contribution is 5.99. The maximum atomic E-state index is 12.1. The Morgan fingerprint density at radius 3 is 2.60 bits per heavy atom. The van der Waals surface area contributed by atoms with Gasteiger partial charge in [0.15, 0.2) is 6.10 Å². The summed E-state index contributed by atoms with van der Waals surface area (Å²) >= 11 is 0. The van der Waals surface area contributed by atoms with E-state index in [2.05, 4.69) is 10.6 Å². The molecule has 6 nitrogen and oxygen atoms in total. The number of nitrogens with zero attached hydrogens (tertiary/aromatic N) is 1. The van der Waals surface area contributed by atoms with Crippen LogP contribution in [0.25, 0.3) is 0 Å². The van der Waals surface area contributed by atoms with E-state index in [1.807, 2.05) is 55.4 Å². The van der Waals surface area contributed by atoms with Crippen LogP contribution in [0.5, 0.6) is 5.75 Å². The number of ether oxygens (including phenoxy) is 1. The number of rotatable bonds is 5. The predicted octanol–water partition coefficient (Wildman–Crippen LogP) is 2.16. The van der Waals surface area contributed by atoms with Crippen LogP contribution in [0.4, 0.5) is 11.4 Å². The summed E-state index contributed by atoms with van der Waals surface area (Å²) in [4.78, 5) is 26.2. The number of fused-ring (bicyclic) bond motifs is 1. The molecule has 1 aliphatic heterocycles. The lowest BCUT2D eigenvalue weighted by Gasteiger charge is -2.25. The van der Waals surface area contributed by atoms with Gasteiger partial charge in [-0.3, -0.25) is 9.59 Å². The lowest BCUT2D eigenvalue weighted by atomic mass is 10.1. The van der Waals surface area contributed by atoms with Gasteiger partial charge >= 0.3 is 0 Å². The van der Waals surface area contributed by atoms with E-state index >= 15 is 0 Å². The molecule has 0 saturated heterocycles. The first-order valence-electron chi connectivity index (χ1n) is 8.12. The summed E-state index contributed by atoms with van der Waals surface area (Å²) in [7, 11) is 3.95. The monoisotopic (exact) mass is 339 g/mol. The third-order valence-corrected chi connectivity index (χ3v) is 4.02. The molecule has 1 atom stereocenters. The van der Waals surface area contributed by atoms with Gasteiger partial charge in [0.25, 0.3) is 5.91 Å². The van der Waals surface area contributed by atoms with Crippen LogP contribution in [0, 0.1) is 0 Å². The van der Waals surface area contributed by atoms with Crippen molar-refractivity contribution in [2.75, 3.05) is 24.3 Å². The Morgan fingerprint density at radius 2 is 1.88 bits per heavy atom. The average Bonchev–Trinajstić information content (AvgIpc) is 2.61. The minimum absolute atomic E-state index is 0.0179. The Bertz CT molecular complexity index is 772. The molecule has 2 amide bonds. The average molecular weight is 339 g/mol. The van der Waals surface area contributed by atoms with Crippen LogP contribution in [0.3, 0.4) is 0 Å². The fourth-order valence-electron chi connectivity index (χ4n) is 2.58. The minimum atomic E-state index is -0.814. The molecule has 0 radical (unpaired) electrons. The van der Waals surface area contributed by atoms with Crippen LogP contribution in [0.2, 0.25) is 0 Å². The molecule has 2 N–H and O–H groups in total. The van der Waals surface area contributed by atoms with Crippen LogP contribution in [0.1, 0.15) is 12.0 Å². The van der Waals surface area contributed by atoms with E-state index in [0.29, 0.717) is 18.0 Å². The van der Waals surface area contributed by atoms with Gasteiger partial charge in [0.2, 0.25) is 5.91 Å². The van der Waals surface area contributed by atoms with E-state index in [9.17, 15) is 9.59 Å². The van der Waals surface area contributed by atoms with Gasteiger partial charge in [-0.1, -0.05) is 24.3 Å². The van der Waals surface area contributed by atoms with Gasteiger partial charge in [0.1, 0.15) is 5.75 Å².